The second-order valence-corrected chi connectivity index (χ2v) is 5.02. The van der Waals surface area contributed by atoms with Crippen LogP contribution in [-0.4, -0.2) is 36.7 Å². The maximum absolute atomic E-state index is 8.69. The monoisotopic (exact) mass is 283 g/mol. The summed E-state index contributed by atoms with van der Waals surface area (Å²) in [6.07, 6.45) is 3.23. The number of benzene rings is 1. The molecule has 1 rings (SSSR count). The van der Waals surface area contributed by atoms with Crippen molar-refractivity contribution in [1.29, 1.82) is 0 Å². The molecule has 1 aromatic rings. The van der Waals surface area contributed by atoms with Gasteiger partial charge in [-0.3, -0.25) is 0 Å². The van der Waals surface area contributed by atoms with E-state index in [9.17, 15) is 0 Å². The van der Waals surface area contributed by atoms with Gasteiger partial charge in [-0.2, -0.15) is 11.8 Å². The first-order valence-electron chi connectivity index (χ1n) is 6.07. The maximum Gasteiger partial charge on any atom is 0.170 e. The van der Waals surface area contributed by atoms with Gasteiger partial charge in [-0.05, 0) is 43.2 Å². The van der Waals surface area contributed by atoms with Gasteiger partial charge in [0.25, 0.3) is 0 Å². The van der Waals surface area contributed by atoms with E-state index < -0.39 is 0 Å². The summed E-state index contributed by atoms with van der Waals surface area (Å²) in [5.41, 5.74) is 7.27. The minimum Gasteiger partial charge on any atom is -0.496 e. The number of hydrogen-bond acceptors (Lipinski definition) is 5. The van der Waals surface area contributed by atoms with Crippen molar-refractivity contribution in [2.45, 2.75) is 13.0 Å². The molecule has 0 amide bonds. The highest BCUT2D eigenvalue weighted by Gasteiger charge is 2.06. The molecule has 0 aliphatic rings. The highest BCUT2D eigenvalue weighted by Crippen LogP contribution is 2.19. The van der Waals surface area contributed by atoms with E-state index in [1.54, 1.807) is 13.2 Å². The Morgan fingerprint density at radius 3 is 2.95 bits per heavy atom. The second kappa shape index (κ2) is 8.66. The summed E-state index contributed by atoms with van der Waals surface area (Å²) in [7, 11) is 1.63. The number of nitrogens with zero attached hydrogens (tertiary/aromatic N) is 1. The molecule has 0 unspecified atom stereocenters. The molecule has 0 bridgehead atoms. The van der Waals surface area contributed by atoms with Crippen LogP contribution in [0, 0.1) is 0 Å². The molecule has 6 heteroatoms. The lowest BCUT2D eigenvalue weighted by molar-refractivity contribution is 0.318. The Labute approximate surface area is 118 Å². The number of rotatable bonds is 8. The summed E-state index contributed by atoms with van der Waals surface area (Å²) in [6.45, 7) is 1.65. The molecule has 0 radical (unpaired) electrons. The van der Waals surface area contributed by atoms with Crippen LogP contribution < -0.4 is 15.8 Å². The van der Waals surface area contributed by atoms with Gasteiger partial charge < -0.3 is 21.0 Å². The Balaban J connectivity index is 2.68. The molecule has 1 aromatic carbocycles. The van der Waals surface area contributed by atoms with E-state index in [0.29, 0.717) is 12.1 Å². The van der Waals surface area contributed by atoms with Crippen molar-refractivity contribution in [3.05, 3.63) is 29.3 Å². The number of ether oxygens (including phenoxy) is 1. The van der Waals surface area contributed by atoms with Crippen LogP contribution in [0.25, 0.3) is 0 Å². The molecule has 0 aromatic heterocycles. The van der Waals surface area contributed by atoms with Crippen molar-refractivity contribution in [1.82, 2.24) is 5.32 Å². The van der Waals surface area contributed by atoms with Crippen molar-refractivity contribution < 1.29 is 9.94 Å². The Bertz CT molecular complexity index is 424. The zero-order valence-electron chi connectivity index (χ0n) is 11.3. The van der Waals surface area contributed by atoms with Gasteiger partial charge in [-0.1, -0.05) is 5.16 Å². The van der Waals surface area contributed by atoms with Crippen molar-refractivity contribution in [2.24, 2.45) is 10.9 Å². The zero-order chi connectivity index (χ0) is 14.1. The first kappa shape index (κ1) is 15.7. The van der Waals surface area contributed by atoms with Crippen LogP contribution in [0.2, 0.25) is 0 Å². The lowest BCUT2D eigenvalue weighted by atomic mass is 10.1. The van der Waals surface area contributed by atoms with Crippen LogP contribution in [0.5, 0.6) is 5.75 Å². The van der Waals surface area contributed by atoms with Crippen molar-refractivity contribution >= 4 is 17.6 Å². The number of amidine groups is 1. The van der Waals surface area contributed by atoms with E-state index in [4.69, 9.17) is 15.7 Å². The van der Waals surface area contributed by atoms with Gasteiger partial charge in [0.15, 0.2) is 5.84 Å². The molecule has 0 atom stereocenters. The van der Waals surface area contributed by atoms with Crippen molar-refractivity contribution in [3.8, 4) is 5.75 Å². The topological polar surface area (TPSA) is 79.9 Å². The molecule has 0 aliphatic heterocycles. The average molecular weight is 283 g/mol. The lowest BCUT2D eigenvalue weighted by Crippen LogP contribution is -2.18. The third-order valence-corrected chi connectivity index (χ3v) is 3.40. The van der Waals surface area contributed by atoms with Crippen molar-refractivity contribution in [3.63, 3.8) is 0 Å². The third kappa shape index (κ3) is 5.00. The van der Waals surface area contributed by atoms with Gasteiger partial charge in [-0.25, -0.2) is 0 Å². The highest BCUT2D eigenvalue weighted by atomic mass is 32.2. The molecule has 19 heavy (non-hydrogen) atoms. The summed E-state index contributed by atoms with van der Waals surface area (Å²) < 4.78 is 5.30. The van der Waals surface area contributed by atoms with Gasteiger partial charge in [-0.15, -0.1) is 0 Å². The van der Waals surface area contributed by atoms with Gasteiger partial charge in [0, 0.05) is 17.7 Å². The van der Waals surface area contributed by atoms with Gasteiger partial charge in [0.1, 0.15) is 5.75 Å². The van der Waals surface area contributed by atoms with Gasteiger partial charge in [0.2, 0.25) is 0 Å². The zero-order valence-corrected chi connectivity index (χ0v) is 12.2. The number of hydrogen-bond donors (Lipinski definition) is 3. The maximum atomic E-state index is 8.69. The predicted molar refractivity (Wildman–Crippen MR) is 80.2 cm³/mol. The molecule has 0 heterocycles. The predicted octanol–water partition coefficient (Wildman–Crippen LogP) is 1.63. The molecule has 0 saturated carbocycles. The number of nitrogens with two attached hydrogens (primary N) is 1. The fraction of sp³-hybridized carbons (Fsp3) is 0.462. The van der Waals surface area contributed by atoms with E-state index in [0.717, 1.165) is 30.0 Å². The Kier molecular flexibility index (Phi) is 7.14. The summed E-state index contributed by atoms with van der Waals surface area (Å²) in [5.74, 6) is 2.05. The molecule has 5 nitrogen and oxygen atoms in total. The smallest absolute Gasteiger partial charge is 0.170 e. The first-order valence-corrected chi connectivity index (χ1v) is 7.46. The number of thioether (sulfide) groups is 1. The van der Waals surface area contributed by atoms with Gasteiger partial charge >= 0.3 is 0 Å². The molecule has 106 valence electrons. The minimum atomic E-state index is 0.103. The van der Waals surface area contributed by atoms with Crippen LogP contribution in [0.1, 0.15) is 17.5 Å². The molecular weight excluding hydrogens is 262 g/mol. The third-order valence-electron chi connectivity index (χ3n) is 2.70. The van der Waals surface area contributed by atoms with E-state index in [1.165, 1.54) is 0 Å². The van der Waals surface area contributed by atoms with E-state index in [1.807, 2.05) is 23.9 Å². The van der Waals surface area contributed by atoms with E-state index in [-0.39, 0.29) is 5.84 Å². The van der Waals surface area contributed by atoms with E-state index >= 15 is 0 Å². The standard InChI is InChI=1S/C13H21N3O2S/c1-18-12-5-4-10(13(14)16-17)8-11(12)9-15-6-3-7-19-2/h4-5,8,15,17H,3,6-7,9H2,1-2H3,(H2,14,16). The fourth-order valence-corrected chi connectivity index (χ4v) is 2.13. The molecule has 0 spiro atoms. The highest BCUT2D eigenvalue weighted by molar-refractivity contribution is 7.98. The largest absolute Gasteiger partial charge is 0.496 e. The molecular formula is C13H21N3O2S. The van der Waals surface area contributed by atoms with Crippen LogP contribution in [0.3, 0.4) is 0 Å². The first-order chi connectivity index (χ1) is 9.22. The molecule has 0 saturated heterocycles. The Morgan fingerprint density at radius 1 is 1.53 bits per heavy atom. The fourth-order valence-electron chi connectivity index (χ4n) is 1.70. The average Bonchev–Trinajstić information content (AvgIpc) is 2.46. The van der Waals surface area contributed by atoms with Crippen LogP contribution in [0.15, 0.2) is 23.4 Å². The SMILES string of the molecule is COc1ccc(/C(N)=N/O)cc1CNCCCSC. The summed E-state index contributed by atoms with van der Waals surface area (Å²) in [6, 6.07) is 5.47. The number of nitrogens with one attached hydrogen (secondary N) is 1. The summed E-state index contributed by atoms with van der Waals surface area (Å²) in [4.78, 5) is 0. The Morgan fingerprint density at radius 2 is 2.32 bits per heavy atom. The number of oxime groups is 1. The minimum absolute atomic E-state index is 0.103. The van der Waals surface area contributed by atoms with Crippen LogP contribution in [0.4, 0.5) is 0 Å². The number of methoxy groups -OCH3 is 1. The van der Waals surface area contributed by atoms with Gasteiger partial charge in [0.05, 0.1) is 7.11 Å². The Hall–Kier alpha value is -1.40. The molecule has 4 N–H and O–H groups in total. The van der Waals surface area contributed by atoms with Crippen molar-refractivity contribution in [2.75, 3.05) is 25.7 Å². The summed E-state index contributed by atoms with van der Waals surface area (Å²) >= 11 is 1.84. The molecule has 0 aliphatic carbocycles. The van der Waals surface area contributed by atoms with Crippen LogP contribution >= 0.6 is 11.8 Å². The normalized spacial score (nSPS) is 11.6. The molecule has 0 fully saturated rings. The quantitative estimate of drug-likeness (QED) is 0.222. The second-order valence-electron chi connectivity index (χ2n) is 4.03. The van der Waals surface area contributed by atoms with E-state index in [2.05, 4.69) is 16.7 Å². The van der Waals surface area contributed by atoms with Crippen LogP contribution in [-0.2, 0) is 6.54 Å². The lowest BCUT2D eigenvalue weighted by Gasteiger charge is -2.11. The summed E-state index contributed by atoms with van der Waals surface area (Å²) in [5, 5.41) is 15.1.